The number of carbonyl (C=O) groups excluding carboxylic acids is 1. The van der Waals surface area contributed by atoms with Crippen LogP contribution in [-0.2, 0) is 9.53 Å². The van der Waals surface area contributed by atoms with E-state index in [4.69, 9.17) is 4.74 Å². The lowest BCUT2D eigenvalue weighted by atomic mass is 9.99. The van der Waals surface area contributed by atoms with Gasteiger partial charge >= 0.3 is 5.97 Å². The Balaban J connectivity index is 0.00000174. The molecule has 5 nitrogen and oxygen atoms in total. The summed E-state index contributed by atoms with van der Waals surface area (Å²) in [5.41, 5.74) is 0. The van der Waals surface area contributed by atoms with Gasteiger partial charge in [-0.3, -0.25) is 9.69 Å². The number of hydrogen-bond acceptors (Lipinski definition) is 5. The van der Waals surface area contributed by atoms with E-state index in [-0.39, 0.29) is 12.1 Å². The number of likely N-dealkylation sites (N-methyl/N-ethyl adjacent to an activating group) is 1. The van der Waals surface area contributed by atoms with E-state index < -0.39 is 5.79 Å². The zero-order valence-electron chi connectivity index (χ0n) is 34.3. The monoisotopic (exact) mass is 716 g/mol. The van der Waals surface area contributed by atoms with Gasteiger partial charge in [0, 0.05) is 12.8 Å². The van der Waals surface area contributed by atoms with Gasteiger partial charge in [-0.15, -0.1) is 0 Å². The molecule has 0 radical (unpaired) electrons. The van der Waals surface area contributed by atoms with E-state index in [0.717, 1.165) is 51.4 Å². The fourth-order valence-electron chi connectivity index (χ4n) is 6.41. The topological polar surface area (TPSA) is 70.0 Å². The van der Waals surface area contributed by atoms with E-state index >= 15 is 0 Å². The highest BCUT2D eigenvalue weighted by Crippen LogP contribution is 2.22. The highest BCUT2D eigenvalue weighted by molar-refractivity contribution is 5.71. The molecule has 0 unspecified atom stereocenters. The first-order chi connectivity index (χ1) is 24.8. The van der Waals surface area contributed by atoms with Crippen molar-refractivity contribution in [3.05, 3.63) is 48.6 Å². The van der Waals surface area contributed by atoms with Crippen LogP contribution in [0.3, 0.4) is 0 Å². The molecule has 1 fully saturated rings. The maximum atomic E-state index is 11.1. The Morgan fingerprint density at radius 2 is 0.922 bits per heavy atom. The fourth-order valence-corrected chi connectivity index (χ4v) is 6.41. The van der Waals surface area contributed by atoms with Gasteiger partial charge in [0.25, 0.3) is 0 Å². The van der Waals surface area contributed by atoms with Gasteiger partial charge in [0.1, 0.15) is 6.10 Å². The molecule has 0 aromatic rings. The van der Waals surface area contributed by atoms with Crippen LogP contribution in [-0.4, -0.2) is 53.6 Å². The van der Waals surface area contributed by atoms with E-state index in [9.17, 15) is 15.0 Å². The van der Waals surface area contributed by atoms with E-state index in [2.05, 4.69) is 62.5 Å². The van der Waals surface area contributed by atoms with Gasteiger partial charge in [0.05, 0.1) is 6.54 Å². The van der Waals surface area contributed by atoms with Crippen molar-refractivity contribution in [2.45, 2.75) is 218 Å². The van der Waals surface area contributed by atoms with E-state index in [1.807, 2.05) is 19.0 Å². The normalized spacial score (nSPS) is 14.2. The minimum absolute atomic E-state index is 0.0908. The lowest BCUT2D eigenvalue weighted by Crippen LogP contribution is -2.27. The van der Waals surface area contributed by atoms with E-state index in [1.54, 1.807) is 0 Å². The number of carbonyl (C=O) groups is 1. The zero-order chi connectivity index (χ0) is 37.5. The molecule has 0 bridgehead atoms. The molecule has 1 rings (SSSR count). The van der Waals surface area contributed by atoms with Crippen LogP contribution in [0.4, 0.5) is 0 Å². The number of hydrogen-bond donors (Lipinski definition) is 2. The summed E-state index contributed by atoms with van der Waals surface area (Å²) in [6.45, 7) is 4.90. The largest absolute Gasteiger partial charge is 0.461 e. The van der Waals surface area contributed by atoms with Crippen LogP contribution in [0.2, 0.25) is 0 Å². The van der Waals surface area contributed by atoms with Gasteiger partial charge < -0.3 is 14.9 Å². The average Bonchev–Trinajstić information content (AvgIpc) is 3.60. The minimum atomic E-state index is -1.45. The number of unbranched alkanes of at least 4 members (excludes halogenated alkanes) is 18. The first-order valence-electron chi connectivity index (χ1n) is 21.7. The van der Waals surface area contributed by atoms with Crippen molar-refractivity contribution in [3.63, 3.8) is 0 Å². The number of allylic oxidation sites excluding steroid dienone is 8. The summed E-state index contributed by atoms with van der Waals surface area (Å²) in [5, 5.41) is 20.6. The third-order valence-electron chi connectivity index (χ3n) is 9.60. The molecule has 1 saturated carbocycles. The van der Waals surface area contributed by atoms with Crippen molar-refractivity contribution in [2.24, 2.45) is 0 Å². The Hall–Kier alpha value is -1.69. The Morgan fingerprint density at radius 1 is 0.569 bits per heavy atom. The van der Waals surface area contributed by atoms with Crippen molar-refractivity contribution in [2.75, 3.05) is 20.6 Å². The van der Waals surface area contributed by atoms with E-state index in [0.29, 0.717) is 19.4 Å². The van der Waals surface area contributed by atoms with Crippen LogP contribution >= 0.6 is 0 Å². The molecule has 0 amide bonds. The number of rotatable bonds is 33. The predicted octanol–water partition coefficient (Wildman–Crippen LogP) is 13.1. The van der Waals surface area contributed by atoms with E-state index in [1.165, 1.54) is 128 Å². The summed E-state index contributed by atoms with van der Waals surface area (Å²) in [7, 11) is 3.74. The number of ether oxygens (including phenoxy) is 1. The second kappa shape index (κ2) is 38.0. The predicted molar refractivity (Wildman–Crippen MR) is 222 cm³/mol. The maximum absolute atomic E-state index is 11.1. The van der Waals surface area contributed by atoms with Gasteiger partial charge in [-0.25, -0.2) is 0 Å². The molecular weight excluding hydrogens is 631 g/mol. The molecule has 1 aliphatic carbocycles. The second-order valence-electron chi connectivity index (χ2n) is 15.3. The molecular formula is C46H85NO4. The molecule has 0 aromatic carbocycles. The lowest BCUT2D eigenvalue weighted by molar-refractivity contribution is -0.172. The number of esters is 1. The third-order valence-corrected chi connectivity index (χ3v) is 9.60. The Labute approximate surface area is 317 Å². The quantitative estimate of drug-likeness (QED) is 0.0306. The molecule has 2 N–H and O–H groups in total. The summed E-state index contributed by atoms with van der Waals surface area (Å²) < 4.78 is 5.24. The summed E-state index contributed by atoms with van der Waals surface area (Å²) in [4.78, 5) is 13.0. The SMILES string of the molecule is CCCCC/C=C\C/C=C\CCCCCCCCC(O)(O)CCCCCCCC/C=C\C/C=C\CCCCC.CN(C)CC(=O)OC1CCCC1. The first-order valence-corrected chi connectivity index (χ1v) is 21.7. The number of aliphatic hydroxyl groups is 2. The fraction of sp³-hybridized carbons (Fsp3) is 0.804. The van der Waals surface area contributed by atoms with Crippen molar-refractivity contribution < 1.29 is 19.7 Å². The highest BCUT2D eigenvalue weighted by Gasteiger charge is 2.21. The first kappa shape index (κ1) is 49.3. The minimum Gasteiger partial charge on any atom is -0.461 e. The average molecular weight is 716 g/mol. The molecule has 1 aliphatic rings. The third kappa shape index (κ3) is 39.4. The molecule has 0 saturated heterocycles. The van der Waals surface area contributed by atoms with Crippen molar-refractivity contribution in [1.82, 2.24) is 4.90 Å². The summed E-state index contributed by atoms with van der Waals surface area (Å²) >= 11 is 0. The van der Waals surface area contributed by atoms with Crippen LogP contribution in [0.15, 0.2) is 48.6 Å². The van der Waals surface area contributed by atoms with Crippen molar-refractivity contribution in [1.29, 1.82) is 0 Å². The maximum Gasteiger partial charge on any atom is 0.320 e. The van der Waals surface area contributed by atoms with Gasteiger partial charge in [0.2, 0.25) is 0 Å². The molecule has 0 spiro atoms. The molecule has 0 aromatic heterocycles. The van der Waals surface area contributed by atoms with Crippen LogP contribution in [0.5, 0.6) is 0 Å². The van der Waals surface area contributed by atoms with Gasteiger partial charge in [0.15, 0.2) is 5.79 Å². The second-order valence-corrected chi connectivity index (χ2v) is 15.3. The Morgan fingerprint density at radius 3 is 1.29 bits per heavy atom. The Kier molecular flexibility index (Phi) is 36.8. The van der Waals surface area contributed by atoms with Crippen molar-refractivity contribution in [3.8, 4) is 0 Å². The van der Waals surface area contributed by atoms with Crippen LogP contribution in [0, 0.1) is 0 Å². The zero-order valence-corrected chi connectivity index (χ0v) is 34.3. The Bertz CT molecular complexity index is 803. The standard InChI is InChI=1S/C37H68O2.C9H17NO2/c1-3-5-7-9-11-13-15-17-19-21-23-25-27-29-31-33-35-37(38,39)36-34-32-30-28-26-24-22-20-18-16-14-12-10-8-6-4-2;1-10(2)7-9(11)12-8-5-3-4-6-8/h11-14,17-20,38-39H,3-10,15-16,21-36H2,1-2H3;8H,3-7H2,1-2H3/b13-11-,14-12-,19-17-,20-18-;. The van der Waals surface area contributed by atoms with Crippen molar-refractivity contribution >= 4 is 5.97 Å². The van der Waals surface area contributed by atoms with Crippen LogP contribution in [0.25, 0.3) is 0 Å². The lowest BCUT2D eigenvalue weighted by Gasteiger charge is -2.21. The molecule has 0 heterocycles. The smallest absolute Gasteiger partial charge is 0.320 e. The molecule has 0 atom stereocenters. The van der Waals surface area contributed by atoms with Gasteiger partial charge in [-0.05, 0) is 117 Å². The summed E-state index contributed by atoms with van der Waals surface area (Å²) in [5.74, 6) is -1.54. The molecule has 5 heteroatoms. The highest BCUT2D eigenvalue weighted by atomic mass is 16.5. The molecule has 51 heavy (non-hydrogen) atoms. The molecule has 0 aliphatic heterocycles. The van der Waals surface area contributed by atoms with Crippen LogP contribution < -0.4 is 0 Å². The van der Waals surface area contributed by atoms with Crippen LogP contribution in [0.1, 0.15) is 206 Å². The van der Waals surface area contributed by atoms with Gasteiger partial charge in [-0.2, -0.15) is 0 Å². The summed E-state index contributed by atoms with van der Waals surface area (Å²) in [6, 6.07) is 0. The number of nitrogens with zero attached hydrogens (tertiary/aromatic N) is 1. The van der Waals surface area contributed by atoms with Gasteiger partial charge in [-0.1, -0.05) is 140 Å². The summed E-state index contributed by atoms with van der Waals surface area (Å²) in [6.07, 6.45) is 53.4. The molecule has 298 valence electrons.